The molecule has 4 aliphatic heterocycles. The van der Waals surface area contributed by atoms with Gasteiger partial charge < -0.3 is 19.4 Å². The number of ether oxygens (including phenoxy) is 2. The summed E-state index contributed by atoms with van der Waals surface area (Å²) in [6.07, 6.45) is 6.81. The summed E-state index contributed by atoms with van der Waals surface area (Å²) in [5, 5.41) is 7.94. The van der Waals surface area contributed by atoms with Crippen molar-refractivity contribution in [2.75, 3.05) is 40.4 Å². The number of cyclic esters (lactones) is 1. The van der Waals surface area contributed by atoms with Gasteiger partial charge in [0.05, 0.1) is 36.9 Å². The number of likely N-dealkylation sites (N-methyl/N-ethyl adjacent to an activating group) is 1. The average molecular weight is 928 g/mol. The van der Waals surface area contributed by atoms with Gasteiger partial charge in [-0.25, -0.2) is 13.8 Å². The minimum Gasteiger partial charge on any atom is -0.464 e. The minimum atomic E-state index is -3.68. The first-order chi connectivity index (χ1) is 31.3. The maximum Gasteiger partial charge on any atom is 0.324 e. The summed E-state index contributed by atoms with van der Waals surface area (Å²) in [6.45, 7) is 12.1. The van der Waals surface area contributed by atoms with E-state index in [0.29, 0.717) is 30.7 Å². The Morgan fingerprint density at radius 1 is 1.11 bits per heavy atom. The molecule has 0 spiro atoms. The van der Waals surface area contributed by atoms with Crippen LogP contribution in [0.15, 0.2) is 64.6 Å². The van der Waals surface area contributed by atoms with Gasteiger partial charge in [0.1, 0.15) is 17.0 Å². The third-order valence-corrected chi connectivity index (χ3v) is 15.1. The lowest BCUT2D eigenvalue weighted by molar-refractivity contribution is -0.732. The Bertz CT molecular complexity index is 2560. The maximum absolute atomic E-state index is 14.7. The fraction of sp³-hybridized carbons (Fsp3) is 0.551. The number of nitroso groups, excluding NO2 is 1. The van der Waals surface area contributed by atoms with Crippen molar-refractivity contribution >= 4 is 50.5 Å². The number of nitrogens with one attached hydrogen (secondary N) is 2. The molecule has 7 rings (SSSR count). The first-order valence-corrected chi connectivity index (χ1v) is 24.7. The molecule has 3 aromatic rings. The molecular weight excluding hydrogens is 861 g/mol. The van der Waals surface area contributed by atoms with Crippen molar-refractivity contribution in [3.63, 3.8) is 0 Å². The van der Waals surface area contributed by atoms with Crippen LogP contribution in [0.25, 0.3) is 27.6 Å². The van der Waals surface area contributed by atoms with Gasteiger partial charge >= 0.3 is 5.97 Å². The number of aryl methyl sites for hydroxylation is 1. The number of fused-ring (bicyclic) bond motifs is 6. The van der Waals surface area contributed by atoms with Crippen molar-refractivity contribution in [2.24, 2.45) is 23.4 Å². The number of rotatable bonds is 11. The van der Waals surface area contributed by atoms with Gasteiger partial charge in [-0.1, -0.05) is 64.1 Å². The summed E-state index contributed by atoms with van der Waals surface area (Å²) in [5.41, 5.74) is 10.7. The van der Waals surface area contributed by atoms with Crippen LogP contribution < -0.4 is 10.7 Å². The average Bonchev–Trinajstić information content (AvgIpc) is 3.90. The standard InChI is InChI=1S/C49H66N8O8S/c1-10-24-66(62,63)55-23-20-36(29-55)57(61)54(8)44(31(2)3)46(58)51-41-26-33-14-11-15-34(25-33)35-18-19-42-38(27-35)39(45(53(42)7)37-16-12-21-50-43(37)32(4)64-9)28-49(5,6)30-65-48(60)40-17-13-22-56(52-40)47(41)59/h10-11,14-15,18-19,21,24-25,27,31-32,36,40-41,44,52H,12-13,16-17,20,22-23,26,28-30H2,1-9H3/p+1/b24-10+/t32-,36-,40-,41-,44-/m0/s1. The number of allylic oxidation sites excluding steroid dienone is 2. The van der Waals surface area contributed by atoms with E-state index in [0.717, 1.165) is 68.4 Å². The number of sulfonamides is 1. The topological polar surface area (TPSA) is 175 Å². The van der Waals surface area contributed by atoms with Crippen molar-refractivity contribution in [3.05, 3.63) is 81.4 Å². The predicted octanol–water partition coefficient (Wildman–Crippen LogP) is 5.69. The molecule has 5 heterocycles. The molecule has 0 unspecified atom stereocenters. The Morgan fingerprint density at radius 3 is 2.59 bits per heavy atom. The molecule has 4 aliphatic rings. The number of amides is 2. The van der Waals surface area contributed by atoms with E-state index in [-0.39, 0.29) is 44.6 Å². The Morgan fingerprint density at radius 2 is 1.86 bits per heavy atom. The summed E-state index contributed by atoms with van der Waals surface area (Å²) in [7, 11) is 1.64. The number of aromatic nitrogens is 1. The Labute approximate surface area is 389 Å². The van der Waals surface area contributed by atoms with Crippen LogP contribution in [0.1, 0.15) is 90.5 Å². The lowest BCUT2D eigenvalue weighted by Crippen LogP contribution is -2.62. The summed E-state index contributed by atoms with van der Waals surface area (Å²) in [6, 6.07) is 10.8. The van der Waals surface area contributed by atoms with Gasteiger partial charge in [-0.3, -0.25) is 24.4 Å². The van der Waals surface area contributed by atoms with Crippen molar-refractivity contribution in [1.29, 1.82) is 0 Å². The zero-order valence-corrected chi connectivity index (χ0v) is 40.7. The molecule has 1 aromatic heterocycles. The molecule has 2 aromatic carbocycles. The van der Waals surface area contributed by atoms with Crippen LogP contribution in [0.3, 0.4) is 0 Å². The van der Waals surface area contributed by atoms with Gasteiger partial charge in [0.15, 0.2) is 6.04 Å². The van der Waals surface area contributed by atoms with Crippen LogP contribution in [0, 0.1) is 16.2 Å². The molecule has 16 nitrogen and oxygen atoms in total. The second-order valence-electron chi connectivity index (χ2n) is 19.3. The fourth-order valence-corrected chi connectivity index (χ4v) is 11.2. The van der Waals surface area contributed by atoms with Crippen molar-refractivity contribution in [2.45, 2.75) is 117 Å². The lowest BCUT2D eigenvalue weighted by Gasteiger charge is -2.36. The molecule has 356 valence electrons. The lowest BCUT2D eigenvalue weighted by atomic mass is 9.83. The second kappa shape index (κ2) is 19.9. The van der Waals surface area contributed by atoms with E-state index < -0.39 is 57.4 Å². The molecule has 66 heavy (non-hydrogen) atoms. The number of nitrogens with zero attached hydrogens (tertiary/aromatic N) is 6. The molecule has 0 saturated carbocycles. The first kappa shape index (κ1) is 48.7. The zero-order chi connectivity index (χ0) is 47.7. The monoisotopic (exact) mass is 927 g/mol. The van der Waals surface area contributed by atoms with Crippen LogP contribution >= 0.6 is 0 Å². The number of aliphatic imine (C=N–C) groups is 1. The van der Waals surface area contributed by atoms with Gasteiger partial charge in [0, 0.05) is 79.3 Å². The highest BCUT2D eigenvalue weighted by molar-refractivity contribution is 7.92. The van der Waals surface area contributed by atoms with E-state index in [1.807, 2.05) is 51.3 Å². The van der Waals surface area contributed by atoms with Crippen molar-refractivity contribution in [3.8, 4) is 11.1 Å². The van der Waals surface area contributed by atoms with E-state index in [1.54, 1.807) is 14.0 Å². The van der Waals surface area contributed by atoms with Crippen molar-refractivity contribution in [1.82, 2.24) is 29.6 Å². The van der Waals surface area contributed by atoms with Gasteiger partial charge in [0.25, 0.3) is 5.91 Å². The van der Waals surface area contributed by atoms with Crippen LogP contribution in [0.5, 0.6) is 0 Å². The number of carbonyl (C=O) groups excluding carboxylic acids is 3. The molecule has 0 aliphatic carbocycles. The summed E-state index contributed by atoms with van der Waals surface area (Å²) >= 11 is 0. The highest BCUT2D eigenvalue weighted by Gasteiger charge is 2.46. The van der Waals surface area contributed by atoms with Crippen molar-refractivity contribution < 1.29 is 37.1 Å². The number of hydrogen-bond donors (Lipinski definition) is 2. The molecule has 2 amide bonds. The normalized spacial score (nSPS) is 23.0. The van der Waals surface area contributed by atoms with E-state index >= 15 is 0 Å². The number of benzene rings is 2. The Kier molecular flexibility index (Phi) is 14.7. The molecule has 2 saturated heterocycles. The maximum atomic E-state index is 14.7. The van der Waals surface area contributed by atoms with E-state index in [2.05, 4.69) is 54.4 Å². The minimum absolute atomic E-state index is 0.0203. The third-order valence-electron chi connectivity index (χ3n) is 13.4. The number of methoxy groups -OCH3 is 1. The van der Waals surface area contributed by atoms with Gasteiger partial charge in [-0.15, -0.1) is 5.01 Å². The number of hydrogen-bond acceptors (Lipinski definition) is 10. The van der Waals surface area contributed by atoms with E-state index in [1.165, 1.54) is 27.4 Å². The van der Waals surface area contributed by atoms with Gasteiger partial charge in [-0.05, 0) is 86.3 Å². The summed E-state index contributed by atoms with van der Waals surface area (Å²) in [4.78, 5) is 62.5. The zero-order valence-electron chi connectivity index (χ0n) is 39.9. The van der Waals surface area contributed by atoms with E-state index in [4.69, 9.17) is 14.5 Å². The number of hydrazine groups is 2. The van der Waals surface area contributed by atoms with Crippen LogP contribution in [-0.2, 0) is 53.8 Å². The molecule has 2 N–H and O–H groups in total. The Hall–Kier alpha value is -5.23. The van der Waals surface area contributed by atoms with E-state index in [9.17, 15) is 27.7 Å². The second-order valence-corrected chi connectivity index (χ2v) is 21.1. The number of esters is 1. The van der Waals surface area contributed by atoms with Gasteiger partial charge in [-0.2, -0.15) is 4.31 Å². The van der Waals surface area contributed by atoms with Gasteiger partial charge in [0.2, 0.25) is 22.0 Å². The molecule has 2 fully saturated rings. The summed E-state index contributed by atoms with van der Waals surface area (Å²) in [5.74, 6) is -1.79. The largest absolute Gasteiger partial charge is 0.464 e. The highest BCUT2D eigenvalue weighted by atomic mass is 32.2. The van der Waals surface area contributed by atoms with Crippen LogP contribution in [0.2, 0.25) is 0 Å². The third kappa shape index (κ3) is 10.2. The number of carbonyl (C=O) groups is 3. The molecule has 17 heteroatoms. The fourth-order valence-electron chi connectivity index (χ4n) is 9.98. The highest BCUT2D eigenvalue weighted by Crippen LogP contribution is 2.41. The quantitative estimate of drug-likeness (QED) is 0.138. The van der Waals surface area contributed by atoms with Crippen LogP contribution in [-0.4, -0.2) is 127 Å². The Balaban J connectivity index is 1.26. The first-order valence-electron chi connectivity index (χ1n) is 23.2. The predicted molar refractivity (Wildman–Crippen MR) is 255 cm³/mol. The summed E-state index contributed by atoms with van der Waals surface area (Å²) < 4.78 is 40.9. The molecule has 0 radical (unpaired) electrons. The molecular formula is C49H67N8O8S+. The SMILES string of the molecule is C/C=C/S(=O)(=O)N1CC[C@H]([N+](=O)N(C)[C@H](C(=O)N[C@H]2Cc3cccc(c3)-c3ccc4c(c3)c(c(C3=C([C@H](C)OC)N=CCC3)n4C)CC(C)(C)COC(=O)[C@@H]3CCCN(N3)C2=O)C(C)C)C1. The molecule has 5 atom stereocenters. The van der Waals surface area contributed by atoms with Crippen LogP contribution in [0.4, 0.5) is 0 Å². The molecule has 6 bridgehead atoms. The smallest absolute Gasteiger partial charge is 0.324 e.